The zero-order valence-corrected chi connectivity index (χ0v) is 16.4. The maximum Gasteiger partial charge on any atom is 0.260 e. The molecule has 1 aliphatic rings. The molecule has 2 amide bonds. The van der Waals surface area contributed by atoms with Gasteiger partial charge in [-0.1, -0.05) is 11.6 Å². The van der Waals surface area contributed by atoms with Gasteiger partial charge >= 0.3 is 0 Å². The van der Waals surface area contributed by atoms with Gasteiger partial charge in [0.1, 0.15) is 11.6 Å². The van der Waals surface area contributed by atoms with Crippen molar-refractivity contribution in [3.8, 4) is 0 Å². The van der Waals surface area contributed by atoms with Crippen LogP contribution >= 0.6 is 11.6 Å². The summed E-state index contributed by atoms with van der Waals surface area (Å²) >= 11 is 5.95. The number of pyridine rings is 1. The Kier molecular flexibility index (Phi) is 5.46. The molecule has 0 aliphatic carbocycles. The third kappa shape index (κ3) is 3.89. The minimum atomic E-state index is -0.632. The van der Waals surface area contributed by atoms with Gasteiger partial charge in [0, 0.05) is 29.0 Å². The zero-order valence-electron chi connectivity index (χ0n) is 15.6. The van der Waals surface area contributed by atoms with Crippen LogP contribution in [0.1, 0.15) is 34.1 Å². The molecule has 0 fully saturated rings. The molecule has 1 aliphatic heterocycles. The second-order valence-electron chi connectivity index (χ2n) is 6.82. The molecule has 2 heterocycles. The van der Waals surface area contributed by atoms with Crippen LogP contribution in [0.5, 0.6) is 0 Å². The number of halogens is 3. The number of carbonyl (C=O) groups excluding carboxylic acids is 2. The molecular weight excluding hydrogens is 412 g/mol. The minimum Gasteiger partial charge on any atom is -0.352 e. The number of nitrogens with zero attached hydrogens (tertiary/aromatic N) is 2. The largest absolute Gasteiger partial charge is 0.352 e. The SMILES string of the molecule is O=C(CC1c2ncccc2C(=O)N1c1ccc(Cl)cc1)NCc1cc(F)ccc1F. The van der Waals surface area contributed by atoms with Crippen molar-refractivity contribution in [1.29, 1.82) is 0 Å². The van der Waals surface area contributed by atoms with E-state index in [1.54, 1.807) is 42.6 Å². The number of anilines is 1. The van der Waals surface area contributed by atoms with Gasteiger partial charge in [-0.25, -0.2) is 8.78 Å². The quantitative estimate of drug-likeness (QED) is 0.655. The number of fused-ring (bicyclic) bond motifs is 1. The Balaban J connectivity index is 1.56. The molecule has 1 unspecified atom stereocenters. The first-order valence-corrected chi connectivity index (χ1v) is 9.56. The fourth-order valence-corrected chi connectivity index (χ4v) is 3.59. The van der Waals surface area contributed by atoms with Crippen LogP contribution in [-0.4, -0.2) is 16.8 Å². The van der Waals surface area contributed by atoms with Crippen molar-refractivity contribution in [2.45, 2.75) is 19.0 Å². The summed E-state index contributed by atoms with van der Waals surface area (Å²) in [6.45, 7) is -0.168. The number of benzene rings is 2. The van der Waals surface area contributed by atoms with Crippen LogP contribution in [0, 0.1) is 11.6 Å². The lowest BCUT2D eigenvalue weighted by atomic mass is 10.1. The standard InChI is InChI=1S/C22H16ClF2N3O2/c23-14-3-6-16(7-4-14)28-19(21-17(22(28)30)2-1-9-26-21)11-20(29)27-12-13-10-15(24)5-8-18(13)25/h1-10,19H,11-12H2,(H,27,29). The van der Waals surface area contributed by atoms with Gasteiger partial charge in [0.05, 0.1) is 23.7 Å². The van der Waals surface area contributed by atoms with Gasteiger partial charge in [-0.2, -0.15) is 0 Å². The number of amides is 2. The summed E-state index contributed by atoms with van der Waals surface area (Å²) in [6, 6.07) is 12.4. The topological polar surface area (TPSA) is 62.3 Å². The summed E-state index contributed by atoms with van der Waals surface area (Å²) in [7, 11) is 0. The predicted molar refractivity (Wildman–Crippen MR) is 108 cm³/mol. The van der Waals surface area contributed by atoms with E-state index >= 15 is 0 Å². The number of aromatic nitrogens is 1. The van der Waals surface area contributed by atoms with Gasteiger partial charge in [-0.15, -0.1) is 0 Å². The Bertz CT molecular complexity index is 1120. The van der Waals surface area contributed by atoms with E-state index in [4.69, 9.17) is 11.6 Å². The van der Waals surface area contributed by atoms with Crippen LogP contribution in [0.25, 0.3) is 0 Å². The molecular formula is C22H16ClF2N3O2. The summed E-state index contributed by atoms with van der Waals surface area (Å²) < 4.78 is 27.1. The molecule has 30 heavy (non-hydrogen) atoms. The molecule has 0 bridgehead atoms. The highest BCUT2D eigenvalue weighted by Crippen LogP contribution is 2.38. The van der Waals surface area contributed by atoms with E-state index in [-0.39, 0.29) is 24.4 Å². The van der Waals surface area contributed by atoms with Crippen LogP contribution < -0.4 is 10.2 Å². The van der Waals surface area contributed by atoms with Gasteiger partial charge in [0.2, 0.25) is 5.91 Å². The molecule has 3 aromatic rings. The third-order valence-corrected chi connectivity index (χ3v) is 5.13. The highest BCUT2D eigenvalue weighted by atomic mass is 35.5. The highest BCUT2D eigenvalue weighted by molar-refractivity contribution is 6.30. The molecule has 5 nitrogen and oxygen atoms in total. The van der Waals surface area contributed by atoms with Crippen molar-refractivity contribution in [3.05, 3.63) is 94.3 Å². The number of rotatable bonds is 5. The molecule has 4 rings (SSSR count). The van der Waals surface area contributed by atoms with Crippen LogP contribution in [0.15, 0.2) is 60.8 Å². The Morgan fingerprint density at radius 1 is 1.13 bits per heavy atom. The van der Waals surface area contributed by atoms with Gasteiger partial charge in [0.15, 0.2) is 0 Å². The van der Waals surface area contributed by atoms with E-state index < -0.39 is 23.6 Å². The van der Waals surface area contributed by atoms with E-state index in [1.807, 2.05) is 0 Å². The van der Waals surface area contributed by atoms with E-state index in [0.29, 0.717) is 22.0 Å². The fourth-order valence-electron chi connectivity index (χ4n) is 3.46. The van der Waals surface area contributed by atoms with Crippen molar-refractivity contribution in [2.75, 3.05) is 4.90 Å². The number of carbonyl (C=O) groups is 2. The number of nitrogens with one attached hydrogen (secondary N) is 1. The van der Waals surface area contributed by atoms with Gasteiger partial charge < -0.3 is 5.32 Å². The molecule has 2 aromatic carbocycles. The molecule has 152 valence electrons. The smallest absolute Gasteiger partial charge is 0.260 e. The Labute approximate surface area is 176 Å². The second-order valence-corrected chi connectivity index (χ2v) is 7.26. The van der Waals surface area contributed by atoms with E-state index in [2.05, 4.69) is 10.3 Å². The van der Waals surface area contributed by atoms with E-state index in [0.717, 1.165) is 18.2 Å². The summed E-state index contributed by atoms with van der Waals surface area (Å²) in [4.78, 5) is 31.4. The zero-order chi connectivity index (χ0) is 21.3. The molecule has 1 aromatic heterocycles. The highest BCUT2D eigenvalue weighted by Gasteiger charge is 2.39. The summed E-state index contributed by atoms with van der Waals surface area (Å²) in [5, 5.41) is 3.11. The van der Waals surface area contributed by atoms with Crippen molar-refractivity contribution < 1.29 is 18.4 Å². The lowest BCUT2D eigenvalue weighted by molar-refractivity contribution is -0.121. The van der Waals surface area contributed by atoms with Crippen molar-refractivity contribution in [3.63, 3.8) is 0 Å². The molecule has 0 saturated carbocycles. The minimum absolute atomic E-state index is 0.0407. The Morgan fingerprint density at radius 3 is 2.67 bits per heavy atom. The normalized spacial score (nSPS) is 15.2. The number of hydrogen-bond acceptors (Lipinski definition) is 3. The summed E-state index contributed by atoms with van der Waals surface area (Å²) in [5.41, 5.74) is 1.53. The van der Waals surface area contributed by atoms with E-state index in [1.165, 1.54) is 4.90 Å². The molecule has 0 saturated heterocycles. The van der Waals surface area contributed by atoms with Crippen LogP contribution in [-0.2, 0) is 11.3 Å². The maximum atomic E-state index is 13.8. The maximum absolute atomic E-state index is 13.8. The van der Waals surface area contributed by atoms with Crippen molar-refractivity contribution >= 4 is 29.1 Å². The van der Waals surface area contributed by atoms with Crippen molar-refractivity contribution in [1.82, 2.24) is 10.3 Å². The Hall–Kier alpha value is -3.32. The van der Waals surface area contributed by atoms with Gasteiger partial charge in [-0.3, -0.25) is 19.5 Å². The molecule has 1 N–H and O–H groups in total. The predicted octanol–water partition coefficient (Wildman–Crippen LogP) is 4.42. The first-order chi connectivity index (χ1) is 14.4. The fraction of sp³-hybridized carbons (Fsp3) is 0.136. The van der Waals surface area contributed by atoms with Crippen LogP contribution in [0.2, 0.25) is 5.02 Å². The Morgan fingerprint density at radius 2 is 1.90 bits per heavy atom. The van der Waals surface area contributed by atoms with Crippen LogP contribution in [0.4, 0.5) is 14.5 Å². The van der Waals surface area contributed by atoms with Crippen molar-refractivity contribution in [2.24, 2.45) is 0 Å². The first kappa shape index (κ1) is 20.0. The second kappa shape index (κ2) is 8.20. The molecule has 0 radical (unpaired) electrons. The first-order valence-electron chi connectivity index (χ1n) is 9.18. The average Bonchev–Trinajstić information content (AvgIpc) is 3.01. The molecule has 0 spiro atoms. The monoisotopic (exact) mass is 427 g/mol. The lowest BCUT2D eigenvalue weighted by Gasteiger charge is -2.24. The van der Waals surface area contributed by atoms with Gasteiger partial charge in [0.25, 0.3) is 5.91 Å². The van der Waals surface area contributed by atoms with E-state index in [9.17, 15) is 18.4 Å². The lowest BCUT2D eigenvalue weighted by Crippen LogP contribution is -2.33. The average molecular weight is 428 g/mol. The molecule has 8 heteroatoms. The third-order valence-electron chi connectivity index (χ3n) is 4.88. The summed E-state index contributed by atoms with van der Waals surface area (Å²) in [5.74, 6) is -1.89. The van der Waals surface area contributed by atoms with Gasteiger partial charge in [-0.05, 0) is 54.6 Å². The number of hydrogen-bond donors (Lipinski definition) is 1. The molecule has 1 atom stereocenters. The van der Waals surface area contributed by atoms with Crippen LogP contribution in [0.3, 0.4) is 0 Å². The summed E-state index contributed by atoms with van der Waals surface area (Å²) in [6.07, 6.45) is 1.47.